The Morgan fingerprint density at radius 2 is 2.03 bits per heavy atom. The second-order valence-electron chi connectivity index (χ2n) is 6.85. The molecule has 1 N–H and O–H groups in total. The van der Waals surface area contributed by atoms with E-state index in [2.05, 4.69) is 37.8 Å². The minimum Gasteiger partial charge on any atom is -0.486 e. The standard InChI is InChI=1S/C19H22N6O2S2/c1-12-21-23-18(29-12)20-17(26)11-28-19-24-22-16(25(19)2)10-27-15-8-7-13-5-3-4-6-14(13)9-15/h7-9H,3-6,10-11H2,1-2H3,(H,20,23,26). The first kappa shape index (κ1) is 19.8. The summed E-state index contributed by atoms with van der Waals surface area (Å²) in [4.78, 5) is 12.1. The van der Waals surface area contributed by atoms with Gasteiger partial charge in [-0.25, -0.2) is 0 Å². The summed E-state index contributed by atoms with van der Waals surface area (Å²) >= 11 is 2.67. The molecule has 8 nitrogen and oxygen atoms in total. The van der Waals surface area contributed by atoms with Gasteiger partial charge < -0.3 is 9.30 Å². The van der Waals surface area contributed by atoms with Crippen LogP contribution >= 0.6 is 23.1 Å². The van der Waals surface area contributed by atoms with Crippen molar-refractivity contribution in [2.24, 2.45) is 7.05 Å². The molecule has 0 saturated carbocycles. The molecule has 29 heavy (non-hydrogen) atoms. The number of anilines is 1. The first-order chi connectivity index (χ1) is 14.1. The van der Waals surface area contributed by atoms with E-state index in [9.17, 15) is 4.79 Å². The average Bonchev–Trinajstić information content (AvgIpc) is 3.29. The molecule has 1 aromatic carbocycles. The van der Waals surface area contributed by atoms with E-state index in [0.29, 0.717) is 22.7 Å². The van der Waals surface area contributed by atoms with Gasteiger partial charge in [-0.15, -0.1) is 20.4 Å². The molecule has 0 radical (unpaired) electrons. The van der Waals surface area contributed by atoms with E-state index in [1.54, 1.807) is 0 Å². The summed E-state index contributed by atoms with van der Waals surface area (Å²) < 4.78 is 7.79. The molecule has 10 heteroatoms. The van der Waals surface area contributed by atoms with Gasteiger partial charge in [0.05, 0.1) is 5.75 Å². The van der Waals surface area contributed by atoms with E-state index >= 15 is 0 Å². The van der Waals surface area contributed by atoms with E-state index in [-0.39, 0.29) is 11.7 Å². The zero-order valence-electron chi connectivity index (χ0n) is 16.3. The number of hydrogen-bond donors (Lipinski definition) is 1. The second-order valence-corrected chi connectivity index (χ2v) is 8.97. The van der Waals surface area contributed by atoms with Crippen LogP contribution in [0.25, 0.3) is 0 Å². The Kier molecular flexibility index (Phi) is 6.10. The number of aromatic nitrogens is 5. The molecule has 0 unspecified atom stereocenters. The minimum absolute atomic E-state index is 0.152. The van der Waals surface area contributed by atoms with E-state index in [1.807, 2.05) is 24.6 Å². The minimum atomic E-state index is -0.152. The molecule has 0 aliphatic heterocycles. The lowest BCUT2D eigenvalue weighted by Gasteiger charge is -2.16. The third kappa shape index (κ3) is 4.94. The molecule has 152 valence electrons. The van der Waals surface area contributed by atoms with Crippen molar-refractivity contribution in [3.8, 4) is 5.75 Å². The van der Waals surface area contributed by atoms with Crippen LogP contribution in [0.1, 0.15) is 34.8 Å². The molecule has 2 aromatic heterocycles. The van der Waals surface area contributed by atoms with Crippen molar-refractivity contribution < 1.29 is 9.53 Å². The average molecular weight is 431 g/mol. The number of ether oxygens (including phenoxy) is 1. The van der Waals surface area contributed by atoms with Crippen LogP contribution in [0.15, 0.2) is 23.4 Å². The molecular weight excluding hydrogens is 408 g/mol. The fraction of sp³-hybridized carbons (Fsp3) is 0.421. The lowest BCUT2D eigenvalue weighted by Crippen LogP contribution is -2.14. The van der Waals surface area contributed by atoms with Crippen LogP contribution in [0.3, 0.4) is 0 Å². The second kappa shape index (κ2) is 8.91. The first-order valence-corrected chi connectivity index (χ1v) is 11.2. The summed E-state index contributed by atoms with van der Waals surface area (Å²) in [7, 11) is 1.87. The van der Waals surface area contributed by atoms with Gasteiger partial charge in [-0.3, -0.25) is 10.1 Å². The number of rotatable bonds is 7. The highest BCUT2D eigenvalue weighted by atomic mass is 32.2. The molecule has 0 saturated heterocycles. The fourth-order valence-corrected chi connectivity index (χ4v) is 4.51. The van der Waals surface area contributed by atoms with Crippen molar-refractivity contribution in [2.45, 2.75) is 44.4 Å². The summed E-state index contributed by atoms with van der Waals surface area (Å²) in [5.74, 6) is 1.64. The lowest BCUT2D eigenvalue weighted by molar-refractivity contribution is -0.113. The number of carbonyl (C=O) groups is 1. The highest BCUT2D eigenvalue weighted by Crippen LogP contribution is 2.26. The van der Waals surface area contributed by atoms with E-state index in [0.717, 1.165) is 23.6 Å². The Hall–Kier alpha value is -2.46. The summed E-state index contributed by atoms with van der Waals surface area (Å²) in [6.45, 7) is 2.18. The first-order valence-electron chi connectivity index (χ1n) is 9.44. The SMILES string of the molecule is Cc1nnc(NC(=O)CSc2nnc(COc3ccc4c(c3)CCCC4)n2C)s1. The van der Waals surface area contributed by atoms with Gasteiger partial charge in [0.25, 0.3) is 0 Å². The third-order valence-electron chi connectivity index (χ3n) is 4.72. The van der Waals surface area contributed by atoms with Crippen molar-refractivity contribution in [3.05, 3.63) is 40.2 Å². The maximum atomic E-state index is 12.1. The predicted octanol–water partition coefficient (Wildman–Crippen LogP) is 3.16. The van der Waals surface area contributed by atoms with Crippen molar-refractivity contribution in [3.63, 3.8) is 0 Å². The lowest BCUT2D eigenvalue weighted by atomic mass is 9.92. The molecule has 1 amide bonds. The fourth-order valence-electron chi connectivity index (χ4n) is 3.18. The molecule has 0 fully saturated rings. The molecule has 0 spiro atoms. The molecule has 0 bridgehead atoms. The van der Waals surface area contributed by atoms with Crippen LogP contribution in [0, 0.1) is 6.92 Å². The summed E-state index contributed by atoms with van der Waals surface area (Å²) in [5.41, 5.74) is 2.82. The quantitative estimate of drug-likeness (QED) is 0.575. The molecule has 3 aromatic rings. The number of nitrogens with zero attached hydrogens (tertiary/aromatic N) is 5. The maximum absolute atomic E-state index is 12.1. The zero-order valence-corrected chi connectivity index (χ0v) is 18.0. The zero-order chi connectivity index (χ0) is 20.2. The smallest absolute Gasteiger partial charge is 0.236 e. The Balaban J connectivity index is 1.30. The number of hydrogen-bond acceptors (Lipinski definition) is 8. The Morgan fingerprint density at radius 3 is 2.83 bits per heavy atom. The van der Waals surface area contributed by atoms with Crippen LogP contribution in [-0.4, -0.2) is 36.6 Å². The van der Waals surface area contributed by atoms with Gasteiger partial charge in [-0.05, 0) is 55.9 Å². The largest absolute Gasteiger partial charge is 0.486 e. The number of nitrogens with one attached hydrogen (secondary N) is 1. The summed E-state index contributed by atoms with van der Waals surface area (Å²) in [6.07, 6.45) is 4.79. The van der Waals surface area contributed by atoms with Crippen molar-refractivity contribution in [2.75, 3.05) is 11.1 Å². The van der Waals surface area contributed by atoms with Gasteiger partial charge in [-0.1, -0.05) is 29.2 Å². The van der Waals surface area contributed by atoms with Gasteiger partial charge in [-0.2, -0.15) is 0 Å². The Bertz CT molecular complexity index is 1020. The van der Waals surface area contributed by atoms with E-state index in [4.69, 9.17) is 4.74 Å². The Labute approximate surface area is 177 Å². The van der Waals surface area contributed by atoms with Gasteiger partial charge in [0.1, 0.15) is 17.4 Å². The molecule has 0 atom stereocenters. The number of benzene rings is 1. The van der Waals surface area contributed by atoms with Gasteiger partial charge >= 0.3 is 0 Å². The highest BCUT2D eigenvalue weighted by molar-refractivity contribution is 7.99. The number of amides is 1. The summed E-state index contributed by atoms with van der Waals surface area (Å²) in [6, 6.07) is 6.33. The molecule has 1 aliphatic carbocycles. The van der Waals surface area contributed by atoms with Crippen LogP contribution < -0.4 is 10.1 Å². The topological polar surface area (TPSA) is 94.8 Å². The molecule has 4 rings (SSSR count). The highest BCUT2D eigenvalue weighted by Gasteiger charge is 2.14. The van der Waals surface area contributed by atoms with Crippen molar-refractivity contribution >= 4 is 34.1 Å². The normalized spacial score (nSPS) is 13.2. The number of carbonyl (C=O) groups excluding carboxylic acids is 1. The van der Waals surface area contributed by atoms with Gasteiger partial charge in [0.15, 0.2) is 11.0 Å². The predicted molar refractivity (Wildman–Crippen MR) is 112 cm³/mol. The molecular formula is C19H22N6O2S2. The van der Waals surface area contributed by atoms with Crippen molar-refractivity contribution in [1.82, 2.24) is 25.0 Å². The maximum Gasteiger partial charge on any atom is 0.236 e. The number of thioether (sulfide) groups is 1. The van der Waals surface area contributed by atoms with Crippen LogP contribution in [0.5, 0.6) is 5.75 Å². The summed E-state index contributed by atoms with van der Waals surface area (Å²) in [5, 5.41) is 20.9. The van der Waals surface area contributed by atoms with Crippen LogP contribution in [0.4, 0.5) is 5.13 Å². The Morgan fingerprint density at radius 1 is 1.21 bits per heavy atom. The molecule has 2 heterocycles. The number of aryl methyl sites for hydroxylation is 3. The van der Waals surface area contributed by atoms with E-state index in [1.165, 1.54) is 47.1 Å². The number of fused-ring (bicyclic) bond motifs is 1. The monoisotopic (exact) mass is 430 g/mol. The van der Waals surface area contributed by atoms with E-state index < -0.39 is 0 Å². The van der Waals surface area contributed by atoms with Gasteiger partial charge in [0.2, 0.25) is 11.0 Å². The molecule has 1 aliphatic rings. The van der Waals surface area contributed by atoms with Crippen LogP contribution in [-0.2, 0) is 31.3 Å². The third-order valence-corrected chi connectivity index (χ3v) is 6.49. The van der Waals surface area contributed by atoms with Crippen LogP contribution in [0.2, 0.25) is 0 Å². The van der Waals surface area contributed by atoms with Gasteiger partial charge in [0, 0.05) is 7.05 Å². The van der Waals surface area contributed by atoms with Crippen molar-refractivity contribution in [1.29, 1.82) is 0 Å².